The van der Waals surface area contributed by atoms with Gasteiger partial charge in [-0.25, -0.2) is 15.0 Å². The molecule has 0 aliphatic rings. The number of hydrogen-bond donors (Lipinski definition) is 2. The van der Waals surface area contributed by atoms with E-state index < -0.39 is 0 Å². The molecule has 15 heavy (non-hydrogen) atoms. The van der Waals surface area contributed by atoms with Gasteiger partial charge in [0.25, 0.3) is 0 Å². The second kappa shape index (κ2) is 4.70. The first-order valence-corrected chi connectivity index (χ1v) is 4.78. The molecule has 2 aromatic rings. The molecule has 0 fully saturated rings. The highest BCUT2D eigenvalue weighted by molar-refractivity contribution is 6.30. The smallest absolute Gasteiger partial charge is 0.222 e. The second-order valence-electron chi connectivity index (χ2n) is 2.83. The van der Waals surface area contributed by atoms with Crippen LogP contribution >= 0.6 is 11.6 Å². The maximum absolute atomic E-state index is 5.65. The summed E-state index contributed by atoms with van der Waals surface area (Å²) in [6.07, 6.45) is 5.32. The standard InChI is InChI=1S/C8H9ClN6/c9-6-3-11-8(12-4-6)10-2-1-7-13-5-14-15-7/h3-5H,1-2H2,(H,10,11,12)(H,13,14,15). The van der Waals surface area contributed by atoms with Crippen molar-refractivity contribution in [2.24, 2.45) is 0 Å². The molecule has 0 bridgehead atoms. The third-order valence-corrected chi connectivity index (χ3v) is 1.93. The number of rotatable bonds is 4. The van der Waals surface area contributed by atoms with E-state index in [0.717, 1.165) is 12.2 Å². The predicted octanol–water partition coefficient (Wildman–Crippen LogP) is 0.903. The van der Waals surface area contributed by atoms with Crippen LogP contribution in [0.3, 0.4) is 0 Å². The van der Waals surface area contributed by atoms with Gasteiger partial charge in [-0.3, -0.25) is 5.10 Å². The molecule has 7 heteroatoms. The molecule has 6 nitrogen and oxygen atoms in total. The quantitative estimate of drug-likeness (QED) is 0.807. The number of halogens is 1. The van der Waals surface area contributed by atoms with Gasteiger partial charge in [-0.15, -0.1) is 0 Å². The van der Waals surface area contributed by atoms with Crippen molar-refractivity contribution in [3.8, 4) is 0 Å². The predicted molar refractivity (Wildman–Crippen MR) is 55.6 cm³/mol. The van der Waals surface area contributed by atoms with Crippen LogP contribution in [0.15, 0.2) is 18.7 Å². The zero-order valence-electron chi connectivity index (χ0n) is 7.81. The van der Waals surface area contributed by atoms with Crippen LogP contribution in [-0.4, -0.2) is 31.7 Å². The van der Waals surface area contributed by atoms with Crippen LogP contribution in [0.4, 0.5) is 5.95 Å². The van der Waals surface area contributed by atoms with E-state index in [1.807, 2.05) is 0 Å². The Kier molecular flexibility index (Phi) is 3.08. The summed E-state index contributed by atoms with van der Waals surface area (Å²) in [7, 11) is 0. The largest absolute Gasteiger partial charge is 0.354 e. The van der Waals surface area contributed by atoms with E-state index in [4.69, 9.17) is 11.6 Å². The molecule has 0 spiro atoms. The van der Waals surface area contributed by atoms with Gasteiger partial charge in [0.05, 0.1) is 17.4 Å². The lowest BCUT2D eigenvalue weighted by atomic mass is 10.4. The average Bonchev–Trinajstić information content (AvgIpc) is 2.74. The van der Waals surface area contributed by atoms with Crippen molar-refractivity contribution < 1.29 is 0 Å². The minimum atomic E-state index is 0.524. The van der Waals surface area contributed by atoms with Crippen LogP contribution in [-0.2, 0) is 6.42 Å². The molecular weight excluding hydrogens is 216 g/mol. The summed E-state index contributed by atoms with van der Waals surface area (Å²) >= 11 is 5.65. The normalized spacial score (nSPS) is 10.2. The Bertz CT molecular complexity index is 398. The van der Waals surface area contributed by atoms with E-state index in [2.05, 4.69) is 30.5 Å². The summed E-state index contributed by atoms with van der Waals surface area (Å²) in [5.74, 6) is 1.38. The zero-order valence-corrected chi connectivity index (χ0v) is 8.57. The van der Waals surface area contributed by atoms with Crippen LogP contribution < -0.4 is 5.32 Å². The van der Waals surface area contributed by atoms with E-state index in [9.17, 15) is 0 Å². The molecule has 2 rings (SSSR count). The average molecular weight is 225 g/mol. The van der Waals surface area contributed by atoms with Crippen molar-refractivity contribution in [2.75, 3.05) is 11.9 Å². The Labute approximate surface area is 91.1 Å². The summed E-state index contributed by atoms with van der Waals surface area (Å²) in [4.78, 5) is 12.0. The van der Waals surface area contributed by atoms with Gasteiger partial charge in [0.15, 0.2) is 0 Å². The van der Waals surface area contributed by atoms with E-state index in [1.54, 1.807) is 12.4 Å². The lowest BCUT2D eigenvalue weighted by molar-refractivity contribution is 0.890. The summed E-state index contributed by atoms with van der Waals surface area (Å²) in [5.41, 5.74) is 0. The topological polar surface area (TPSA) is 79.4 Å². The molecular formula is C8H9ClN6. The van der Waals surface area contributed by atoms with Gasteiger partial charge < -0.3 is 5.32 Å². The third kappa shape index (κ3) is 2.88. The van der Waals surface area contributed by atoms with Crippen LogP contribution in [0.2, 0.25) is 5.02 Å². The number of aromatic amines is 1. The maximum atomic E-state index is 5.65. The fourth-order valence-corrected chi connectivity index (χ4v) is 1.15. The molecule has 2 heterocycles. The van der Waals surface area contributed by atoms with Gasteiger partial charge in [-0.1, -0.05) is 11.6 Å². The summed E-state index contributed by atoms with van der Waals surface area (Å²) in [6.45, 7) is 0.691. The molecule has 0 aliphatic carbocycles. The first-order valence-electron chi connectivity index (χ1n) is 4.40. The van der Waals surface area contributed by atoms with Gasteiger partial charge in [-0.2, -0.15) is 5.10 Å². The van der Waals surface area contributed by atoms with E-state index in [-0.39, 0.29) is 0 Å². The Hall–Kier alpha value is -1.69. The molecule has 2 aromatic heterocycles. The number of aromatic nitrogens is 5. The van der Waals surface area contributed by atoms with Crippen LogP contribution in [0.25, 0.3) is 0 Å². The fourth-order valence-electron chi connectivity index (χ4n) is 1.05. The molecule has 0 aliphatic heterocycles. The lowest BCUT2D eigenvalue weighted by Gasteiger charge is -2.01. The number of H-pyrrole nitrogens is 1. The van der Waals surface area contributed by atoms with Crippen molar-refractivity contribution in [3.05, 3.63) is 29.6 Å². The zero-order chi connectivity index (χ0) is 10.5. The molecule has 0 aromatic carbocycles. The van der Waals surface area contributed by atoms with Crippen molar-refractivity contribution in [3.63, 3.8) is 0 Å². The molecule has 0 radical (unpaired) electrons. The first kappa shape index (κ1) is 9.85. The van der Waals surface area contributed by atoms with E-state index in [1.165, 1.54) is 6.33 Å². The lowest BCUT2D eigenvalue weighted by Crippen LogP contribution is -2.08. The van der Waals surface area contributed by atoms with Crippen LogP contribution in [0.1, 0.15) is 5.82 Å². The van der Waals surface area contributed by atoms with Crippen LogP contribution in [0, 0.1) is 0 Å². The highest BCUT2D eigenvalue weighted by atomic mass is 35.5. The van der Waals surface area contributed by atoms with Crippen LogP contribution in [0.5, 0.6) is 0 Å². The number of anilines is 1. The van der Waals surface area contributed by atoms with E-state index in [0.29, 0.717) is 17.5 Å². The SMILES string of the molecule is Clc1cnc(NCCc2ncn[nH]2)nc1. The Balaban J connectivity index is 1.81. The molecule has 0 saturated heterocycles. The fraction of sp³-hybridized carbons (Fsp3) is 0.250. The van der Waals surface area contributed by atoms with Crippen molar-refractivity contribution in [1.29, 1.82) is 0 Å². The van der Waals surface area contributed by atoms with Gasteiger partial charge >= 0.3 is 0 Å². The highest BCUT2D eigenvalue weighted by Gasteiger charge is 1.97. The summed E-state index contributed by atoms with van der Waals surface area (Å²) < 4.78 is 0. The third-order valence-electron chi connectivity index (χ3n) is 1.73. The van der Waals surface area contributed by atoms with E-state index >= 15 is 0 Å². The van der Waals surface area contributed by atoms with Gasteiger partial charge in [0, 0.05) is 13.0 Å². The summed E-state index contributed by atoms with van der Waals surface area (Å²) in [6, 6.07) is 0. The molecule has 0 atom stereocenters. The number of nitrogens with one attached hydrogen (secondary N) is 2. The van der Waals surface area contributed by atoms with Gasteiger partial charge in [-0.05, 0) is 0 Å². The maximum Gasteiger partial charge on any atom is 0.222 e. The van der Waals surface area contributed by atoms with Crippen molar-refractivity contribution >= 4 is 17.5 Å². The van der Waals surface area contributed by atoms with Gasteiger partial charge in [0.2, 0.25) is 5.95 Å². The number of nitrogens with zero attached hydrogens (tertiary/aromatic N) is 4. The highest BCUT2D eigenvalue weighted by Crippen LogP contribution is 2.05. The minimum absolute atomic E-state index is 0.524. The Morgan fingerprint density at radius 1 is 1.27 bits per heavy atom. The van der Waals surface area contributed by atoms with Crippen molar-refractivity contribution in [2.45, 2.75) is 6.42 Å². The Morgan fingerprint density at radius 3 is 2.73 bits per heavy atom. The van der Waals surface area contributed by atoms with Gasteiger partial charge in [0.1, 0.15) is 12.2 Å². The monoisotopic (exact) mass is 224 g/mol. The summed E-state index contributed by atoms with van der Waals surface area (Å²) in [5, 5.41) is 10.1. The molecule has 0 amide bonds. The van der Waals surface area contributed by atoms with Crippen molar-refractivity contribution in [1.82, 2.24) is 25.1 Å². The minimum Gasteiger partial charge on any atom is -0.354 e. The molecule has 0 saturated carbocycles. The Morgan fingerprint density at radius 2 is 2.07 bits per heavy atom. The number of hydrogen-bond acceptors (Lipinski definition) is 5. The first-order chi connectivity index (χ1) is 7.34. The second-order valence-corrected chi connectivity index (χ2v) is 3.27. The molecule has 0 unspecified atom stereocenters. The molecule has 78 valence electrons. The molecule has 2 N–H and O–H groups in total.